The number of carbonyl (C=O) groups is 1. The van der Waals surface area contributed by atoms with E-state index in [9.17, 15) is 4.79 Å². The molecule has 1 amide bonds. The normalized spacial score (nSPS) is 39.2. The average Bonchev–Trinajstić information content (AvgIpc) is 2.57. The Kier molecular flexibility index (Phi) is 1.85. The van der Waals surface area contributed by atoms with Gasteiger partial charge in [0.25, 0.3) is 0 Å². The highest BCUT2D eigenvalue weighted by atomic mass is 16.2. The second-order valence-corrected chi connectivity index (χ2v) is 4.14. The Labute approximate surface area is 73.9 Å². The van der Waals surface area contributed by atoms with Crippen molar-refractivity contribution in [1.82, 2.24) is 4.90 Å². The summed E-state index contributed by atoms with van der Waals surface area (Å²) in [4.78, 5) is 13.7. The minimum Gasteiger partial charge on any atom is -0.342 e. The van der Waals surface area contributed by atoms with E-state index < -0.39 is 0 Å². The Morgan fingerprint density at radius 3 is 2.50 bits per heavy atom. The third-order valence-electron chi connectivity index (χ3n) is 3.49. The van der Waals surface area contributed by atoms with Crippen molar-refractivity contribution in [3.63, 3.8) is 0 Å². The van der Waals surface area contributed by atoms with Crippen molar-refractivity contribution in [2.75, 3.05) is 13.1 Å². The van der Waals surface area contributed by atoms with E-state index in [4.69, 9.17) is 0 Å². The zero-order valence-corrected chi connectivity index (χ0v) is 7.92. The van der Waals surface area contributed by atoms with Crippen LogP contribution in [0, 0.1) is 17.8 Å². The van der Waals surface area contributed by atoms with Crippen LogP contribution in [0.3, 0.4) is 0 Å². The highest BCUT2D eigenvalue weighted by molar-refractivity contribution is 5.82. The van der Waals surface area contributed by atoms with Crippen LogP contribution in [0.15, 0.2) is 0 Å². The van der Waals surface area contributed by atoms with Gasteiger partial charge in [0.15, 0.2) is 0 Å². The van der Waals surface area contributed by atoms with Crippen molar-refractivity contribution >= 4 is 5.91 Å². The molecule has 2 heteroatoms. The molecule has 2 rings (SSSR count). The lowest BCUT2D eigenvalue weighted by atomic mass is 10.1. The van der Waals surface area contributed by atoms with E-state index in [0.29, 0.717) is 23.7 Å². The molecule has 2 aliphatic rings. The minimum absolute atomic E-state index is 0.385. The molecule has 12 heavy (non-hydrogen) atoms. The Balaban J connectivity index is 1.89. The van der Waals surface area contributed by atoms with Crippen molar-refractivity contribution < 1.29 is 4.79 Å². The fourth-order valence-electron chi connectivity index (χ4n) is 2.33. The van der Waals surface area contributed by atoms with Crippen molar-refractivity contribution in [3.05, 3.63) is 0 Å². The number of likely N-dealkylation sites (tertiary alicyclic amines) is 1. The molecule has 0 bridgehead atoms. The fraction of sp³-hybridized carbons (Fsp3) is 0.900. The predicted molar refractivity (Wildman–Crippen MR) is 47.6 cm³/mol. The van der Waals surface area contributed by atoms with E-state index in [0.717, 1.165) is 13.1 Å². The molecular formula is C10H17NO. The average molecular weight is 167 g/mol. The van der Waals surface area contributed by atoms with Crippen LogP contribution in [0.1, 0.15) is 26.7 Å². The summed E-state index contributed by atoms with van der Waals surface area (Å²) in [6.07, 6.45) is 2.38. The fourth-order valence-corrected chi connectivity index (χ4v) is 2.33. The van der Waals surface area contributed by atoms with E-state index in [2.05, 4.69) is 13.8 Å². The second-order valence-electron chi connectivity index (χ2n) is 4.14. The van der Waals surface area contributed by atoms with Gasteiger partial charge in [0, 0.05) is 19.0 Å². The molecule has 0 aromatic heterocycles. The van der Waals surface area contributed by atoms with Gasteiger partial charge in [-0.3, -0.25) is 4.79 Å². The molecule has 1 aliphatic carbocycles. The van der Waals surface area contributed by atoms with Gasteiger partial charge < -0.3 is 4.90 Å². The minimum atomic E-state index is 0.385. The molecule has 68 valence electrons. The van der Waals surface area contributed by atoms with Crippen LogP contribution in [0.2, 0.25) is 0 Å². The highest BCUT2D eigenvalue weighted by Gasteiger charge is 2.51. The smallest absolute Gasteiger partial charge is 0.226 e. The molecule has 1 aliphatic heterocycles. The molecule has 2 fully saturated rings. The largest absolute Gasteiger partial charge is 0.342 e. The summed E-state index contributed by atoms with van der Waals surface area (Å²) in [7, 11) is 0. The lowest BCUT2D eigenvalue weighted by Crippen LogP contribution is -2.43. The summed E-state index contributed by atoms with van der Waals surface area (Å²) in [5.74, 6) is 2.16. The van der Waals surface area contributed by atoms with Crippen LogP contribution in [0.25, 0.3) is 0 Å². The number of rotatable bonds is 2. The Bertz CT molecular complexity index is 198. The number of hydrogen-bond acceptors (Lipinski definition) is 1. The van der Waals surface area contributed by atoms with Crippen LogP contribution < -0.4 is 0 Å². The first-order valence-electron chi connectivity index (χ1n) is 5.04. The van der Waals surface area contributed by atoms with Crippen LogP contribution >= 0.6 is 0 Å². The molecule has 1 saturated carbocycles. The first-order valence-corrected chi connectivity index (χ1v) is 5.04. The molecule has 3 unspecified atom stereocenters. The van der Waals surface area contributed by atoms with E-state index in [-0.39, 0.29) is 0 Å². The van der Waals surface area contributed by atoms with Crippen LogP contribution in [0.4, 0.5) is 0 Å². The Morgan fingerprint density at radius 1 is 1.50 bits per heavy atom. The lowest BCUT2D eigenvalue weighted by Gasteiger charge is -2.31. The molecule has 0 spiro atoms. The molecule has 0 aromatic rings. The van der Waals surface area contributed by atoms with Gasteiger partial charge in [-0.25, -0.2) is 0 Å². The summed E-state index contributed by atoms with van der Waals surface area (Å²) < 4.78 is 0. The summed E-state index contributed by atoms with van der Waals surface area (Å²) in [6.45, 7) is 6.41. The maximum Gasteiger partial charge on any atom is 0.226 e. The van der Waals surface area contributed by atoms with Crippen molar-refractivity contribution in [2.45, 2.75) is 26.7 Å². The van der Waals surface area contributed by atoms with Crippen LogP contribution in [0.5, 0.6) is 0 Å². The topological polar surface area (TPSA) is 20.3 Å². The van der Waals surface area contributed by atoms with Crippen LogP contribution in [-0.2, 0) is 4.79 Å². The molecular weight excluding hydrogens is 150 g/mol. The Morgan fingerprint density at radius 2 is 2.17 bits per heavy atom. The lowest BCUT2D eigenvalue weighted by molar-refractivity contribution is -0.136. The number of hydrogen-bond donors (Lipinski definition) is 0. The van der Waals surface area contributed by atoms with Gasteiger partial charge in [0.05, 0.1) is 0 Å². The summed E-state index contributed by atoms with van der Waals surface area (Å²) in [6, 6.07) is 0. The van der Waals surface area contributed by atoms with Crippen LogP contribution in [-0.4, -0.2) is 23.9 Å². The van der Waals surface area contributed by atoms with Crippen molar-refractivity contribution in [3.8, 4) is 0 Å². The van der Waals surface area contributed by atoms with Gasteiger partial charge in [0.2, 0.25) is 5.91 Å². The SMILES string of the molecule is CCC1C(C)C1C(=O)N1CCC1. The quantitative estimate of drug-likeness (QED) is 0.610. The van der Waals surface area contributed by atoms with Gasteiger partial charge >= 0.3 is 0 Å². The molecule has 1 saturated heterocycles. The molecule has 0 N–H and O–H groups in total. The molecule has 0 radical (unpaired) electrons. The van der Waals surface area contributed by atoms with E-state index in [1.54, 1.807) is 0 Å². The van der Waals surface area contributed by atoms with Gasteiger partial charge in [-0.1, -0.05) is 20.3 Å². The van der Waals surface area contributed by atoms with Gasteiger partial charge in [-0.05, 0) is 18.3 Å². The maximum absolute atomic E-state index is 11.7. The predicted octanol–water partition coefficient (Wildman–Crippen LogP) is 1.51. The first-order chi connectivity index (χ1) is 5.75. The van der Waals surface area contributed by atoms with Crippen molar-refractivity contribution in [1.29, 1.82) is 0 Å². The summed E-state index contributed by atoms with van der Waals surface area (Å²) in [5.41, 5.74) is 0. The van der Waals surface area contributed by atoms with Crippen molar-refractivity contribution in [2.24, 2.45) is 17.8 Å². The third-order valence-corrected chi connectivity index (χ3v) is 3.49. The molecule has 0 aromatic carbocycles. The van der Waals surface area contributed by atoms with E-state index in [1.807, 2.05) is 4.90 Å². The summed E-state index contributed by atoms with van der Waals surface area (Å²) >= 11 is 0. The Hall–Kier alpha value is -0.530. The van der Waals surface area contributed by atoms with Gasteiger partial charge in [0.1, 0.15) is 0 Å². The number of amides is 1. The third kappa shape index (κ3) is 1.05. The van der Waals surface area contributed by atoms with Gasteiger partial charge in [-0.2, -0.15) is 0 Å². The zero-order valence-electron chi connectivity index (χ0n) is 7.92. The monoisotopic (exact) mass is 167 g/mol. The molecule has 2 nitrogen and oxygen atoms in total. The van der Waals surface area contributed by atoms with E-state index in [1.165, 1.54) is 12.8 Å². The second kappa shape index (κ2) is 2.75. The van der Waals surface area contributed by atoms with E-state index >= 15 is 0 Å². The van der Waals surface area contributed by atoms with Gasteiger partial charge in [-0.15, -0.1) is 0 Å². The summed E-state index contributed by atoms with van der Waals surface area (Å²) in [5, 5.41) is 0. The maximum atomic E-state index is 11.7. The highest BCUT2D eigenvalue weighted by Crippen LogP contribution is 2.49. The number of nitrogens with zero attached hydrogens (tertiary/aromatic N) is 1. The zero-order chi connectivity index (χ0) is 8.72. The molecule has 3 atom stereocenters. The molecule has 1 heterocycles. The first kappa shape index (κ1) is 8.09. The standard InChI is InChI=1S/C10H17NO/c1-3-8-7(2)9(8)10(12)11-5-4-6-11/h7-9H,3-6H2,1-2H3. The number of carbonyl (C=O) groups excluding carboxylic acids is 1.